The molecular formula is C36H58O10. The number of carbonyl (C=O) groups is 4. The van der Waals surface area contributed by atoms with Crippen molar-refractivity contribution in [3.8, 4) is 0 Å². The van der Waals surface area contributed by atoms with Crippen molar-refractivity contribution in [2.45, 2.75) is 130 Å². The second kappa shape index (κ2) is 17.3. The molecule has 10 heteroatoms. The van der Waals surface area contributed by atoms with Gasteiger partial charge in [0.2, 0.25) is 0 Å². The summed E-state index contributed by atoms with van der Waals surface area (Å²) in [7, 11) is 0. The lowest BCUT2D eigenvalue weighted by Crippen LogP contribution is -2.31. The van der Waals surface area contributed by atoms with E-state index < -0.39 is 11.9 Å². The highest BCUT2D eigenvalue weighted by atomic mass is 16.6. The molecule has 0 aromatic heterocycles. The zero-order valence-electron chi connectivity index (χ0n) is 28.9. The predicted octanol–water partition coefficient (Wildman–Crippen LogP) is 5.67. The number of ether oxygens (including phenoxy) is 6. The van der Waals surface area contributed by atoms with E-state index in [0.29, 0.717) is 24.7 Å². The van der Waals surface area contributed by atoms with Crippen LogP contribution >= 0.6 is 0 Å². The molecule has 12 atom stereocenters. The minimum Gasteiger partial charge on any atom is -0.462 e. The first-order chi connectivity index (χ1) is 22.2. The summed E-state index contributed by atoms with van der Waals surface area (Å²) in [4.78, 5) is 49.7. The van der Waals surface area contributed by atoms with Crippen LogP contribution in [-0.2, 0) is 47.6 Å². The highest BCUT2D eigenvalue weighted by molar-refractivity contribution is 5.71. The molecular weight excluding hydrogens is 592 g/mol. The standard InChI is InChI=1S/C36H58O10/c1-7-21-15-27-25(33(21)43-29(37)11-5)17-23(9-3)35(27)45-31(39)19-41-13-14-42-20-32(40)46-36-24(10-4)18-26-28(36)16-22(8-2)34(26)44-30(38)12-6/h21-28,33-36H,7-20H2,1-6H3/t21?,22?,23?,24?,25?,26?,27?,28?,33-,34-,35+,36?/m0/s1. The van der Waals surface area contributed by atoms with Crippen molar-refractivity contribution >= 4 is 23.9 Å². The Balaban J connectivity index is 1.17. The highest BCUT2D eigenvalue weighted by Gasteiger charge is 2.56. The Labute approximate surface area is 275 Å². The summed E-state index contributed by atoms with van der Waals surface area (Å²) < 4.78 is 34.8. The maximum Gasteiger partial charge on any atom is 0.332 e. The summed E-state index contributed by atoms with van der Waals surface area (Å²) >= 11 is 0. The minimum atomic E-state index is -0.406. The van der Waals surface area contributed by atoms with Gasteiger partial charge < -0.3 is 28.4 Å². The van der Waals surface area contributed by atoms with Gasteiger partial charge in [-0.2, -0.15) is 0 Å². The van der Waals surface area contributed by atoms with Crippen LogP contribution in [0.2, 0.25) is 0 Å². The van der Waals surface area contributed by atoms with E-state index in [4.69, 9.17) is 28.4 Å². The van der Waals surface area contributed by atoms with Crippen LogP contribution in [0, 0.1) is 47.3 Å². The van der Waals surface area contributed by atoms with Gasteiger partial charge in [-0.25, -0.2) is 9.59 Å². The topological polar surface area (TPSA) is 124 Å². The second-order valence-corrected chi connectivity index (χ2v) is 13.9. The fourth-order valence-corrected chi connectivity index (χ4v) is 9.14. The normalized spacial score (nSPS) is 36.2. The third-order valence-electron chi connectivity index (χ3n) is 11.5. The molecule has 262 valence electrons. The Morgan fingerprint density at radius 1 is 0.435 bits per heavy atom. The lowest BCUT2D eigenvalue weighted by atomic mass is 9.92. The molecule has 0 spiro atoms. The van der Waals surface area contributed by atoms with Crippen LogP contribution in [0.25, 0.3) is 0 Å². The van der Waals surface area contributed by atoms with E-state index in [9.17, 15) is 19.2 Å². The molecule has 4 aliphatic rings. The van der Waals surface area contributed by atoms with Gasteiger partial charge in [-0.3, -0.25) is 9.59 Å². The maximum atomic E-state index is 12.8. The molecule has 0 saturated heterocycles. The van der Waals surface area contributed by atoms with Crippen molar-refractivity contribution in [2.75, 3.05) is 26.4 Å². The number of hydrogen-bond donors (Lipinski definition) is 0. The number of fused-ring (bicyclic) bond motifs is 2. The highest BCUT2D eigenvalue weighted by Crippen LogP contribution is 2.54. The van der Waals surface area contributed by atoms with Crippen molar-refractivity contribution in [1.82, 2.24) is 0 Å². The minimum absolute atomic E-state index is 0.0999. The van der Waals surface area contributed by atoms with Gasteiger partial charge in [-0.15, -0.1) is 0 Å². The summed E-state index contributed by atoms with van der Waals surface area (Å²) in [5.74, 6) is 0.765. The summed E-state index contributed by atoms with van der Waals surface area (Å²) in [6, 6.07) is 0. The predicted molar refractivity (Wildman–Crippen MR) is 169 cm³/mol. The van der Waals surface area contributed by atoms with Crippen molar-refractivity contribution in [3.05, 3.63) is 0 Å². The summed E-state index contributed by atoms with van der Waals surface area (Å²) in [5.41, 5.74) is 0. The van der Waals surface area contributed by atoms with Crippen LogP contribution in [0.4, 0.5) is 0 Å². The van der Waals surface area contributed by atoms with E-state index in [2.05, 4.69) is 27.7 Å². The van der Waals surface area contributed by atoms with Gasteiger partial charge >= 0.3 is 23.9 Å². The van der Waals surface area contributed by atoms with Crippen LogP contribution in [0.15, 0.2) is 0 Å². The fraction of sp³-hybridized carbons (Fsp3) is 0.889. The van der Waals surface area contributed by atoms with Gasteiger partial charge in [0.05, 0.1) is 13.2 Å². The SMILES string of the molecule is CCC(=O)O[C@H]1C(CC)CC2C(OC(=O)COCCOCC(=O)O[C@@H]3C(CC)CC4C3CC(CC)[C@@H]4OC(=O)CC)C(CC)CC21. The van der Waals surface area contributed by atoms with Crippen LogP contribution in [0.1, 0.15) is 106 Å². The van der Waals surface area contributed by atoms with E-state index in [1.807, 2.05) is 13.8 Å². The Hall–Kier alpha value is -2.20. The monoisotopic (exact) mass is 650 g/mol. The van der Waals surface area contributed by atoms with E-state index in [1.165, 1.54) is 0 Å². The molecule has 0 aliphatic heterocycles. The number of rotatable bonds is 17. The molecule has 10 nitrogen and oxygen atoms in total. The van der Waals surface area contributed by atoms with Gasteiger partial charge in [-0.1, -0.05) is 41.5 Å². The molecule has 4 aliphatic carbocycles. The molecule has 4 fully saturated rings. The first-order valence-corrected chi connectivity index (χ1v) is 18.1. The first kappa shape index (κ1) is 36.6. The Morgan fingerprint density at radius 2 is 0.696 bits per heavy atom. The molecule has 0 bridgehead atoms. The number of esters is 4. The van der Waals surface area contributed by atoms with Crippen LogP contribution in [0.3, 0.4) is 0 Å². The smallest absolute Gasteiger partial charge is 0.332 e. The quantitative estimate of drug-likeness (QED) is 0.110. The lowest BCUT2D eigenvalue weighted by molar-refractivity contribution is -0.162. The molecule has 46 heavy (non-hydrogen) atoms. The van der Waals surface area contributed by atoms with Crippen molar-refractivity contribution < 1.29 is 47.6 Å². The fourth-order valence-electron chi connectivity index (χ4n) is 9.14. The Kier molecular flexibility index (Phi) is 13.8. The zero-order valence-corrected chi connectivity index (χ0v) is 28.9. The van der Waals surface area contributed by atoms with Gasteiger partial charge in [0.15, 0.2) is 0 Å². The molecule has 4 saturated carbocycles. The van der Waals surface area contributed by atoms with Gasteiger partial charge in [0.1, 0.15) is 37.6 Å². The summed E-state index contributed by atoms with van der Waals surface area (Å²) in [5, 5.41) is 0. The molecule has 0 aromatic rings. The van der Waals surface area contributed by atoms with Crippen LogP contribution < -0.4 is 0 Å². The Bertz CT molecular complexity index is 950. The van der Waals surface area contributed by atoms with Crippen LogP contribution in [-0.4, -0.2) is 74.7 Å². The molecule has 9 unspecified atom stereocenters. The van der Waals surface area contributed by atoms with Gasteiger partial charge in [0, 0.05) is 36.5 Å². The average Bonchev–Trinajstić information content (AvgIpc) is 3.78. The van der Waals surface area contributed by atoms with Gasteiger partial charge in [0.25, 0.3) is 0 Å². The number of hydrogen-bond acceptors (Lipinski definition) is 10. The number of carbonyl (C=O) groups excluding carboxylic acids is 4. The lowest BCUT2D eigenvalue weighted by Gasteiger charge is -2.25. The van der Waals surface area contributed by atoms with E-state index in [-0.39, 0.29) is 98.3 Å². The molecule has 0 radical (unpaired) electrons. The molecule has 4 rings (SSSR count). The van der Waals surface area contributed by atoms with Crippen molar-refractivity contribution in [2.24, 2.45) is 47.3 Å². The largest absolute Gasteiger partial charge is 0.462 e. The zero-order chi connectivity index (χ0) is 33.4. The van der Waals surface area contributed by atoms with E-state index >= 15 is 0 Å². The molecule has 0 N–H and O–H groups in total. The van der Waals surface area contributed by atoms with E-state index in [1.54, 1.807) is 0 Å². The van der Waals surface area contributed by atoms with Crippen LogP contribution in [0.5, 0.6) is 0 Å². The van der Waals surface area contributed by atoms with Crippen molar-refractivity contribution in [1.29, 1.82) is 0 Å². The summed E-state index contributed by atoms with van der Waals surface area (Å²) in [6.07, 6.45) is 7.38. The molecule has 0 aromatic carbocycles. The third kappa shape index (κ3) is 8.44. The van der Waals surface area contributed by atoms with Gasteiger partial charge in [-0.05, 0) is 75.0 Å². The molecule has 0 amide bonds. The van der Waals surface area contributed by atoms with E-state index in [0.717, 1.165) is 51.4 Å². The maximum absolute atomic E-state index is 12.8. The molecule has 0 heterocycles. The average molecular weight is 651 g/mol. The third-order valence-corrected chi connectivity index (χ3v) is 11.5. The summed E-state index contributed by atoms with van der Waals surface area (Å²) in [6.45, 7) is 12.0. The van der Waals surface area contributed by atoms with Crippen molar-refractivity contribution in [3.63, 3.8) is 0 Å². The Morgan fingerprint density at radius 3 is 0.935 bits per heavy atom. The first-order valence-electron chi connectivity index (χ1n) is 18.1. The second-order valence-electron chi connectivity index (χ2n) is 13.9.